The van der Waals surface area contributed by atoms with Gasteiger partial charge in [-0.3, -0.25) is 14.5 Å². The number of methoxy groups -OCH3 is 1. The smallest absolute Gasteiger partial charge is 0.252 e. The van der Waals surface area contributed by atoms with Gasteiger partial charge in [0.1, 0.15) is 6.61 Å². The van der Waals surface area contributed by atoms with E-state index >= 15 is 0 Å². The molecule has 1 saturated heterocycles. The molecule has 0 saturated carbocycles. The zero-order valence-electron chi connectivity index (χ0n) is 21.4. The molecule has 2 aromatic carbocycles. The van der Waals surface area contributed by atoms with Gasteiger partial charge in [-0.15, -0.1) is 0 Å². The number of hydrogen-bond acceptors (Lipinski definition) is 4. The molecule has 2 unspecified atom stereocenters. The second-order valence-corrected chi connectivity index (χ2v) is 10.2. The maximum Gasteiger partial charge on any atom is 0.252 e. The summed E-state index contributed by atoms with van der Waals surface area (Å²) in [5, 5.41) is 0. The van der Waals surface area contributed by atoms with Gasteiger partial charge in [0.15, 0.2) is 0 Å². The van der Waals surface area contributed by atoms with Crippen LogP contribution in [0.15, 0.2) is 54.6 Å². The Morgan fingerprint density at radius 1 is 0.971 bits per heavy atom. The van der Waals surface area contributed by atoms with E-state index in [1.54, 1.807) is 7.11 Å². The van der Waals surface area contributed by atoms with Crippen LogP contribution in [0.1, 0.15) is 50.7 Å². The lowest BCUT2D eigenvalue weighted by Crippen LogP contribution is -2.52. The van der Waals surface area contributed by atoms with Crippen molar-refractivity contribution in [1.82, 2.24) is 9.80 Å². The van der Waals surface area contributed by atoms with E-state index in [0.717, 1.165) is 43.5 Å². The van der Waals surface area contributed by atoms with Crippen molar-refractivity contribution in [3.05, 3.63) is 65.7 Å². The SMILES string of the molecule is COCC(=O)N1CCC2CCCC(CN(C(=O)C(C)C)Cc3ccccc31)N2Cc1ccccc1. The highest BCUT2D eigenvalue weighted by Gasteiger charge is 2.35. The number of hydrogen-bond donors (Lipinski definition) is 0. The van der Waals surface area contributed by atoms with Crippen molar-refractivity contribution in [2.75, 3.05) is 31.7 Å². The van der Waals surface area contributed by atoms with E-state index in [9.17, 15) is 9.59 Å². The van der Waals surface area contributed by atoms with Crippen LogP contribution in [0.5, 0.6) is 0 Å². The number of benzene rings is 2. The summed E-state index contributed by atoms with van der Waals surface area (Å²) in [6, 6.07) is 19.3. The largest absolute Gasteiger partial charge is 0.375 e. The lowest BCUT2D eigenvalue weighted by molar-refractivity contribution is -0.136. The summed E-state index contributed by atoms with van der Waals surface area (Å²) in [6.45, 7) is 6.70. The van der Waals surface area contributed by atoms with Crippen LogP contribution in [0, 0.1) is 5.92 Å². The number of carbonyl (C=O) groups is 2. The van der Waals surface area contributed by atoms with Crippen molar-refractivity contribution in [2.45, 2.75) is 64.7 Å². The van der Waals surface area contributed by atoms with Crippen LogP contribution in [-0.2, 0) is 27.4 Å². The van der Waals surface area contributed by atoms with Crippen LogP contribution in [0.4, 0.5) is 5.69 Å². The molecule has 0 aromatic heterocycles. The normalized spacial score (nSPS) is 21.4. The predicted molar refractivity (Wildman–Crippen MR) is 139 cm³/mol. The molecule has 0 spiro atoms. The van der Waals surface area contributed by atoms with Crippen molar-refractivity contribution >= 4 is 17.5 Å². The topological polar surface area (TPSA) is 53.1 Å². The molecular formula is C29H39N3O3. The van der Waals surface area contributed by atoms with E-state index in [0.29, 0.717) is 31.7 Å². The van der Waals surface area contributed by atoms with Gasteiger partial charge in [0.05, 0.1) is 0 Å². The number of carbonyl (C=O) groups excluding carboxylic acids is 2. The van der Waals surface area contributed by atoms with Gasteiger partial charge >= 0.3 is 0 Å². The van der Waals surface area contributed by atoms with Crippen molar-refractivity contribution in [3.63, 3.8) is 0 Å². The Hall–Kier alpha value is -2.70. The minimum Gasteiger partial charge on any atom is -0.375 e. The first-order valence-corrected chi connectivity index (χ1v) is 12.9. The van der Waals surface area contributed by atoms with Crippen molar-refractivity contribution in [2.24, 2.45) is 5.92 Å². The third-order valence-corrected chi connectivity index (χ3v) is 7.36. The van der Waals surface area contributed by atoms with E-state index < -0.39 is 0 Å². The summed E-state index contributed by atoms with van der Waals surface area (Å²) >= 11 is 0. The molecule has 2 amide bonds. The first kappa shape index (κ1) is 25.4. The fraction of sp³-hybridized carbons (Fsp3) is 0.517. The monoisotopic (exact) mass is 477 g/mol. The molecule has 1 fully saturated rings. The average molecular weight is 478 g/mol. The van der Waals surface area contributed by atoms with Crippen molar-refractivity contribution < 1.29 is 14.3 Å². The predicted octanol–water partition coefficient (Wildman–Crippen LogP) is 4.48. The second-order valence-electron chi connectivity index (χ2n) is 10.2. The van der Waals surface area contributed by atoms with E-state index in [1.807, 2.05) is 41.8 Å². The molecule has 0 aliphatic carbocycles. The maximum absolute atomic E-state index is 13.4. The first-order chi connectivity index (χ1) is 17.0. The molecule has 6 nitrogen and oxygen atoms in total. The molecule has 35 heavy (non-hydrogen) atoms. The van der Waals surface area contributed by atoms with Gasteiger partial charge in [-0.1, -0.05) is 68.8 Å². The van der Waals surface area contributed by atoms with Crippen molar-refractivity contribution in [3.8, 4) is 0 Å². The van der Waals surface area contributed by atoms with Crippen LogP contribution in [-0.4, -0.2) is 60.5 Å². The maximum atomic E-state index is 13.4. The van der Waals surface area contributed by atoms with Crippen LogP contribution in [0.25, 0.3) is 0 Å². The molecule has 2 atom stereocenters. The molecule has 2 aliphatic heterocycles. The van der Waals surface area contributed by atoms with Gasteiger partial charge in [-0.25, -0.2) is 0 Å². The number of ether oxygens (including phenoxy) is 1. The minimum atomic E-state index is -0.0829. The van der Waals surface area contributed by atoms with E-state index in [-0.39, 0.29) is 24.3 Å². The highest BCUT2D eigenvalue weighted by atomic mass is 16.5. The molecule has 2 aromatic rings. The highest BCUT2D eigenvalue weighted by molar-refractivity contribution is 5.95. The van der Waals surface area contributed by atoms with E-state index in [2.05, 4.69) is 41.3 Å². The summed E-state index contributed by atoms with van der Waals surface area (Å²) in [7, 11) is 1.56. The zero-order valence-corrected chi connectivity index (χ0v) is 21.4. The van der Waals surface area contributed by atoms with Crippen molar-refractivity contribution in [1.29, 1.82) is 0 Å². The quantitative estimate of drug-likeness (QED) is 0.637. The Labute approximate surface area is 209 Å². The average Bonchev–Trinajstić information content (AvgIpc) is 2.87. The molecule has 2 aliphatic rings. The lowest BCUT2D eigenvalue weighted by Gasteiger charge is -2.44. The lowest BCUT2D eigenvalue weighted by atomic mass is 9.92. The number of rotatable bonds is 5. The second kappa shape index (κ2) is 11.8. The summed E-state index contributed by atoms with van der Waals surface area (Å²) in [6.07, 6.45) is 4.23. The molecule has 2 heterocycles. The number of fused-ring (bicyclic) bond motifs is 3. The number of nitrogens with zero attached hydrogens (tertiary/aromatic N) is 3. The molecule has 188 valence electrons. The number of amides is 2. The third-order valence-electron chi connectivity index (χ3n) is 7.36. The summed E-state index contributed by atoms with van der Waals surface area (Å²) in [5.41, 5.74) is 3.19. The molecule has 4 rings (SSSR count). The molecule has 0 radical (unpaired) electrons. The zero-order chi connectivity index (χ0) is 24.8. The van der Waals surface area contributed by atoms with Crippen LogP contribution in [0.3, 0.4) is 0 Å². The third kappa shape index (κ3) is 6.11. The molecule has 6 heteroatoms. The number of anilines is 1. The van der Waals surface area contributed by atoms with Gasteiger partial charge in [-0.2, -0.15) is 0 Å². The van der Waals surface area contributed by atoms with Crippen LogP contribution in [0.2, 0.25) is 0 Å². The molecular weight excluding hydrogens is 438 g/mol. The van der Waals surface area contributed by atoms with Crippen LogP contribution < -0.4 is 4.90 Å². The Morgan fingerprint density at radius 2 is 1.69 bits per heavy atom. The Kier molecular flexibility index (Phi) is 8.58. The Bertz CT molecular complexity index is 994. The fourth-order valence-corrected chi connectivity index (χ4v) is 5.60. The Morgan fingerprint density at radius 3 is 2.43 bits per heavy atom. The summed E-state index contributed by atoms with van der Waals surface area (Å²) in [4.78, 5) is 33.1. The Balaban J connectivity index is 1.74. The molecule has 0 N–H and O–H groups in total. The molecule has 2 bridgehead atoms. The van der Waals surface area contributed by atoms with Gasteiger partial charge in [0.25, 0.3) is 5.91 Å². The minimum absolute atomic E-state index is 0.0390. The number of para-hydroxylation sites is 1. The fourth-order valence-electron chi connectivity index (χ4n) is 5.60. The standard InChI is InChI=1S/C29H39N3O3/c1-22(2)29(34)30-19-24-12-7-8-15-27(24)31(28(33)21-35-3)17-16-25-13-9-14-26(20-30)32(25)18-23-10-5-4-6-11-23/h4-8,10-12,15,22,25-26H,9,13-14,16-21H2,1-3H3. The first-order valence-electron chi connectivity index (χ1n) is 12.9. The van der Waals surface area contributed by atoms with Gasteiger partial charge < -0.3 is 14.5 Å². The highest BCUT2D eigenvalue weighted by Crippen LogP contribution is 2.32. The summed E-state index contributed by atoms with van der Waals surface area (Å²) in [5.74, 6) is 0.0407. The van der Waals surface area contributed by atoms with Gasteiger partial charge in [-0.05, 0) is 36.5 Å². The van der Waals surface area contributed by atoms with E-state index in [1.165, 1.54) is 5.56 Å². The summed E-state index contributed by atoms with van der Waals surface area (Å²) < 4.78 is 5.23. The number of piperidine rings is 1. The van der Waals surface area contributed by atoms with Crippen LogP contribution >= 0.6 is 0 Å². The van der Waals surface area contributed by atoms with Gasteiger partial charge in [0, 0.05) is 57.0 Å². The van der Waals surface area contributed by atoms with Gasteiger partial charge in [0.2, 0.25) is 5.91 Å². The van der Waals surface area contributed by atoms with E-state index in [4.69, 9.17) is 4.74 Å².